The van der Waals surface area contributed by atoms with Crippen molar-refractivity contribution >= 4 is 39.2 Å². The van der Waals surface area contributed by atoms with Gasteiger partial charge >= 0.3 is 5.97 Å². The molecular weight excluding hydrogens is 304 g/mol. The van der Waals surface area contributed by atoms with Gasteiger partial charge in [0.25, 0.3) is 0 Å². The predicted octanol–water partition coefficient (Wildman–Crippen LogP) is 1.73. The molecule has 0 aliphatic carbocycles. The van der Waals surface area contributed by atoms with Crippen LogP contribution in [0.25, 0.3) is 10.2 Å². The monoisotopic (exact) mass is 322 g/mol. The highest BCUT2D eigenvalue weighted by molar-refractivity contribution is 7.18. The number of fused-ring (bicyclic) bond motifs is 1. The van der Waals surface area contributed by atoms with Gasteiger partial charge in [0, 0.05) is 31.4 Å². The van der Waals surface area contributed by atoms with Crippen LogP contribution in [0.4, 0.5) is 5.82 Å². The number of carboxylic acids is 1. The summed E-state index contributed by atoms with van der Waals surface area (Å²) in [6, 6.07) is 2.02. The number of rotatable bonds is 7. The van der Waals surface area contributed by atoms with Gasteiger partial charge in [-0.05, 0) is 13.0 Å². The Bertz CT molecular complexity index is 686. The van der Waals surface area contributed by atoms with Gasteiger partial charge in [-0.1, -0.05) is 0 Å². The van der Waals surface area contributed by atoms with Gasteiger partial charge in [-0.15, -0.1) is 11.3 Å². The van der Waals surface area contributed by atoms with E-state index in [9.17, 15) is 9.59 Å². The van der Waals surface area contributed by atoms with Gasteiger partial charge < -0.3 is 15.3 Å². The second-order valence-electron chi connectivity index (χ2n) is 4.93. The van der Waals surface area contributed by atoms with Crippen LogP contribution in [0.1, 0.15) is 17.7 Å². The molecule has 0 fully saturated rings. The Morgan fingerprint density at radius 1 is 1.36 bits per heavy atom. The summed E-state index contributed by atoms with van der Waals surface area (Å²) in [4.78, 5) is 34.3. The van der Waals surface area contributed by atoms with E-state index in [0.29, 0.717) is 6.54 Å². The van der Waals surface area contributed by atoms with Crippen LogP contribution in [0.3, 0.4) is 0 Å². The van der Waals surface area contributed by atoms with E-state index in [2.05, 4.69) is 15.3 Å². The fourth-order valence-electron chi connectivity index (χ4n) is 1.98. The minimum atomic E-state index is -0.908. The number of hydrogen-bond acceptors (Lipinski definition) is 6. The van der Waals surface area contributed by atoms with E-state index >= 15 is 0 Å². The van der Waals surface area contributed by atoms with E-state index in [0.717, 1.165) is 20.9 Å². The molecule has 1 amide bonds. The molecule has 0 aromatic carbocycles. The molecule has 0 atom stereocenters. The molecule has 7 nitrogen and oxygen atoms in total. The number of carboxylic acid groups (broad SMARTS) is 1. The molecule has 0 radical (unpaired) electrons. The van der Waals surface area contributed by atoms with Crippen LogP contribution >= 0.6 is 11.3 Å². The van der Waals surface area contributed by atoms with Crippen molar-refractivity contribution in [3.05, 3.63) is 17.3 Å². The van der Waals surface area contributed by atoms with Gasteiger partial charge in [-0.2, -0.15) is 0 Å². The molecule has 0 aliphatic rings. The fraction of sp³-hybridized carbons (Fsp3) is 0.429. The summed E-state index contributed by atoms with van der Waals surface area (Å²) >= 11 is 1.60. The van der Waals surface area contributed by atoms with E-state index < -0.39 is 5.97 Å². The Labute approximate surface area is 132 Å². The maximum atomic E-state index is 11.9. The molecule has 0 saturated heterocycles. The molecule has 2 heterocycles. The summed E-state index contributed by atoms with van der Waals surface area (Å²) in [6.07, 6.45) is 1.74. The first-order chi connectivity index (χ1) is 10.5. The molecule has 0 bridgehead atoms. The highest BCUT2D eigenvalue weighted by Gasteiger charge is 2.11. The molecule has 2 aromatic rings. The molecule has 0 spiro atoms. The van der Waals surface area contributed by atoms with Crippen molar-refractivity contribution in [2.24, 2.45) is 0 Å². The zero-order valence-electron chi connectivity index (χ0n) is 12.5. The van der Waals surface area contributed by atoms with E-state index in [1.54, 1.807) is 18.4 Å². The normalized spacial score (nSPS) is 10.6. The lowest BCUT2D eigenvalue weighted by molar-refractivity contribution is -0.138. The van der Waals surface area contributed by atoms with Crippen LogP contribution < -0.4 is 5.32 Å². The Balaban J connectivity index is 1.87. The molecule has 0 unspecified atom stereocenters. The Hall–Kier alpha value is -2.22. The van der Waals surface area contributed by atoms with Crippen LogP contribution in [0.2, 0.25) is 0 Å². The van der Waals surface area contributed by atoms with E-state index in [1.165, 1.54) is 11.2 Å². The predicted molar refractivity (Wildman–Crippen MR) is 85.1 cm³/mol. The zero-order valence-corrected chi connectivity index (χ0v) is 13.3. The number of thiophene rings is 1. The van der Waals surface area contributed by atoms with Crippen LogP contribution in [-0.2, 0) is 9.59 Å². The van der Waals surface area contributed by atoms with Gasteiger partial charge in [0.1, 0.15) is 17.0 Å². The van der Waals surface area contributed by atoms with Crippen molar-refractivity contribution in [3.8, 4) is 0 Å². The first-order valence-electron chi connectivity index (χ1n) is 6.88. The minimum Gasteiger partial charge on any atom is -0.481 e. The second-order valence-corrected chi connectivity index (χ2v) is 6.17. The summed E-state index contributed by atoms with van der Waals surface area (Å²) in [5, 5.41) is 12.7. The standard InChI is InChI=1S/C14H18N4O3S/c1-9-7-10-13(16-8-17-14(10)22-9)15-5-3-11(19)18(2)6-4-12(20)21/h7-8H,3-6H2,1-2H3,(H,20,21)(H,15,16,17). The molecule has 8 heteroatoms. The number of amides is 1. The van der Waals surface area contributed by atoms with Crippen molar-refractivity contribution in [2.45, 2.75) is 19.8 Å². The van der Waals surface area contributed by atoms with E-state index in [1.807, 2.05) is 13.0 Å². The third-order valence-corrected chi connectivity index (χ3v) is 4.13. The van der Waals surface area contributed by atoms with Crippen LogP contribution in [0.5, 0.6) is 0 Å². The number of carbonyl (C=O) groups excluding carboxylic acids is 1. The highest BCUT2D eigenvalue weighted by atomic mass is 32.1. The summed E-state index contributed by atoms with van der Waals surface area (Å²) in [7, 11) is 1.61. The average Bonchev–Trinajstić information content (AvgIpc) is 2.85. The fourth-order valence-corrected chi connectivity index (χ4v) is 2.83. The number of aliphatic carboxylic acids is 1. The van der Waals surface area contributed by atoms with Crippen LogP contribution in [-0.4, -0.2) is 52.0 Å². The summed E-state index contributed by atoms with van der Waals surface area (Å²) in [5.74, 6) is -0.287. The zero-order chi connectivity index (χ0) is 16.1. The molecule has 0 aliphatic heterocycles. The Kier molecular flexibility index (Phi) is 5.26. The molecule has 0 saturated carbocycles. The van der Waals surface area contributed by atoms with Gasteiger partial charge in [0.15, 0.2) is 0 Å². The Morgan fingerprint density at radius 3 is 2.86 bits per heavy atom. The Morgan fingerprint density at radius 2 is 2.14 bits per heavy atom. The molecule has 22 heavy (non-hydrogen) atoms. The maximum Gasteiger partial charge on any atom is 0.305 e. The van der Waals surface area contributed by atoms with Crippen LogP contribution in [0, 0.1) is 6.92 Å². The lowest BCUT2D eigenvalue weighted by Gasteiger charge is -2.16. The lowest BCUT2D eigenvalue weighted by Crippen LogP contribution is -2.30. The largest absolute Gasteiger partial charge is 0.481 e. The summed E-state index contributed by atoms with van der Waals surface area (Å²) in [6.45, 7) is 2.67. The van der Waals surface area contributed by atoms with Crippen molar-refractivity contribution in [1.82, 2.24) is 14.9 Å². The lowest BCUT2D eigenvalue weighted by atomic mass is 10.3. The van der Waals surface area contributed by atoms with Gasteiger partial charge in [-0.3, -0.25) is 9.59 Å². The number of hydrogen-bond donors (Lipinski definition) is 2. The van der Waals surface area contributed by atoms with Crippen molar-refractivity contribution < 1.29 is 14.7 Å². The number of aryl methyl sites for hydroxylation is 1. The third kappa shape index (κ3) is 4.14. The van der Waals surface area contributed by atoms with Crippen molar-refractivity contribution in [3.63, 3.8) is 0 Å². The van der Waals surface area contributed by atoms with Crippen molar-refractivity contribution in [2.75, 3.05) is 25.5 Å². The molecule has 2 aromatic heterocycles. The average molecular weight is 322 g/mol. The second kappa shape index (κ2) is 7.17. The molecule has 2 rings (SSSR count). The first kappa shape index (κ1) is 16.2. The summed E-state index contributed by atoms with van der Waals surface area (Å²) in [5.41, 5.74) is 0. The van der Waals surface area contributed by atoms with E-state index in [4.69, 9.17) is 5.11 Å². The van der Waals surface area contributed by atoms with Crippen molar-refractivity contribution in [1.29, 1.82) is 0 Å². The van der Waals surface area contributed by atoms with Gasteiger partial charge in [0.2, 0.25) is 5.91 Å². The number of nitrogens with zero attached hydrogens (tertiary/aromatic N) is 3. The van der Waals surface area contributed by atoms with E-state index in [-0.39, 0.29) is 25.3 Å². The maximum absolute atomic E-state index is 11.9. The molecular formula is C14H18N4O3S. The quantitative estimate of drug-likeness (QED) is 0.806. The first-order valence-corrected chi connectivity index (χ1v) is 7.70. The number of anilines is 1. The van der Waals surface area contributed by atoms with Crippen LogP contribution in [0.15, 0.2) is 12.4 Å². The minimum absolute atomic E-state index is 0.0453. The topological polar surface area (TPSA) is 95.4 Å². The smallest absolute Gasteiger partial charge is 0.305 e. The highest BCUT2D eigenvalue weighted by Crippen LogP contribution is 2.27. The molecule has 118 valence electrons. The number of nitrogens with one attached hydrogen (secondary N) is 1. The SMILES string of the molecule is Cc1cc2c(NCCC(=O)N(C)CCC(=O)O)ncnc2s1. The summed E-state index contributed by atoms with van der Waals surface area (Å²) < 4.78 is 0. The number of carbonyl (C=O) groups is 2. The molecule has 2 N–H and O–H groups in total. The van der Waals surface area contributed by atoms with Gasteiger partial charge in [0.05, 0.1) is 11.8 Å². The number of aromatic nitrogens is 2. The van der Waals surface area contributed by atoms with Gasteiger partial charge in [-0.25, -0.2) is 9.97 Å². The third-order valence-electron chi connectivity index (χ3n) is 3.17.